The van der Waals surface area contributed by atoms with Gasteiger partial charge in [0, 0.05) is 91.5 Å². The number of aromatic nitrogens is 1. The number of fused-ring (bicyclic) bond motifs is 4. The molecule has 1 unspecified atom stereocenters. The van der Waals surface area contributed by atoms with E-state index < -0.39 is 5.41 Å². The molecule has 0 spiro atoms. The molecule has 0 bridgehead atoms. The van der Waals surface area contributed by atoms with E-state index in [4.69, 9.17) is 0 Å². The molecule has 4 aromatic rings. The molecule has 51 heavy (non-hydrogen) atoms. The average molecular weight is 683 g/mol. The average Bonchev–Trinajstić information content (AvgIpc) is 3.54. The Labute approximate surface area is 299 Å². The van der Waals surface area contributed by atoms with Crippen LogP contribution in [-0.2, 0) is 28.0 Å². The molecule has 9 nitrogen and oxygen atoms in total. The highest BCUT2D eigenvalue weighted by Gasteiger charge is 2.41. The number of hydrogen-bond donors (Lipinski definition) is 2. The molecule has 4 heterocycles. The van der Waals surface area contributed by atoms with E-state index in [2.05, 4.69) is 76.1 Å². The van der Waals surface area contributed by atoms with Crippen molar-refractivity contribution >= 4 is 34.2 Å². The summed E-state index contributed by atoms with van der Waals surface area (Å²) < 4.78 is 0. The molecule has 1 aliphatic carbocycles. The maximum Gasteiger partial charge on any atom is 0.234 e. The smallest absolute Gasteiger partial charge is 0.234 e. The van der Waals surface area contributed by atoms with E-state index in [-0.39, 0.29) is 23.5 Å². The molecule has 3 fully saturated rings. The van der Waals surface area contributed by atoms with E-state index in [0.717, 1.165) is 104 Å². The van der Waals surface area contributed by atoms with E-state index >= 15 is 0 Å². The maximum atomic E-state index is 14.1. The molecule has 262 valence electrons. The molecule has 1 atom stereocenters. The molecule has 0 saturated carbocycles. The Morgan fingerprint density at radius 1 is 0.922 bits per heavy atom. The number of aryl methyl sites for hydroxylation is 1. The summed E-state index contributed by atoms with van der Waals surface area (Å²) in [5.74, 6) is -0.539. The summed E-state index contributed by atoms with van der Waals surface area (Å²) in [6, 6.07) is 21.1. The lowest BCUT2D eigenvalue weighted by Gasteiger charge is -2.44. The third-order valence-electron chi connectivity index (χ3n) is 12.0. The van der Waals surface area contributed by atoms with Crippen LogP contribution in [0.15, 0.2) is 54.6 Å². The van der Waals surface area contributed by atoms with Gasteiger partial charge in [-0.25, -0.2) is 0 Å². The minimum absolute atomic E-state index is 0.0661. The van der Waals surface area contributed by atoms with Crippen molar-refractivity contribution < 1.29 is 14.4 Å². The van der Waals surface area contributed by atoms with Crippen molar-refractivity contribution in [3.63, 3.8) is 0 Å². The van der Waals surface area contributed by atoms with Crippen LogP contribution >= 0.6 is 0 Å². The molecule has 3 saturated heterocycles. The van der Waals surface area contributed by atoms with Crippen LogP contribution in [0.3, 0.4) is 0 Å². The van der Waals surface area contributed by atoms with E-state index in [1.807, 2.05) is 24.3 Å². The van der Waals surface area contributed by atoms with Crippen molar-refractivity contribution in [3.05, 3.63) is 99.2 Å². The first-order valence-corrected chi connectivity index (χ1v) is 18.6. The van der Waals surface area contributed by atoms with Gasteiger partial charge in [0.1, 0.15) is 0 Å². The molecular weight excluding hydrogens is 637 g/mol. The highest BCUT2D eigenvalue weighted by molar-refractivity contribution is 6.20. The zero-order valence-corrected chi connectivity index (χ0v) is 29.8. The van der Waals surface area contributed by atoms with Crippen LogP contribution in [-0.4, -0.2) is 77.7 Å². The second kappa shape index (κ2) is 13.1. The van der Waals surface area contributed by atoms with Gasteiger partial charge in [0.15, 0.2) is 5.78 Å². The number of carbonyl (C=O) groups excluding carboxylic acids is 3. The van der Waals surface area contributed by atoms with Crippen LogP contribution in [0.4, 0.5) is 5.69 Å². The first-order chi connectivity index (χ1) is 24.6. The van der Waals surface area contributed by atoms with Crippen molar-refractivity contribution in [2.24, 2.45) is 0 Å². The van der Waals surface area contributed by atoms with Gasteiger partial charge in [0.05, 0.1) is 23.1 Å². The summed E-state index contributed by atoms with van der Waals surface area (Å²) in [7, 11) is 0. The largest absolute Gasteiger partial charge is 0.371 e. The van der Waals surface area contributed by atoms with Crippen molar-refractivity contribution in [3.8, 4) is 6.07 Å². The Balaban J connectivity index is 0.920. The van der Waals surface area contributed by atoms with Crippen LogP contribution in [0.25, 0.3) is 10.9 Å². The summed E-state index contributed by atoms with van der Waals surface area (Å²) in [4.78, 5) is 49.4. The third kappa shape index (κ3) is 5.94. The number of benzene rings is 3. The molecular formula is C42H46N6O3. The van der Waals surface area contributed by atoms with Crippen LogP contribution in [0.1, 0.15) is 102 Å². The summed E-state index contributed by atoms with van der Waals surface area (Å²) >= 11 is 0. The monoisotopic (exact) mass is 682 g/mol. The van der Waals surface area contributed by atoms with Gasteiger partial charge in [-0.05, 0) is 72.2 Å². The highest BCUT2D eigenvalue weighted by atomic mass is 16.2. The summed E-state index contributed by atoms with van der Waals surface area (Å²) in [6.07, 6.45) is 4.06. The van der Waals surface area contributed by atoms with Gasteiger partial charge in [-0.1, -0.05) is 51.1 Å². The molecule has 3 aromatic carbocycles. The Hall–Kier alpha value is -4.78. The SMILES string of the molecule is CCc1cc2c(cc1N1CCC(N3CCN(Cc4cccc(C5CCC(=O)NC5=O)c4)CC3)CC1)C(C)(C)c1[nH]c3cc(C#N)ccc3c1C2=O. The number of hydrogen-bond acceptors (Lipinski definition) is 7. The van der Waals surface area contributed by atoms with Gasteiger partial charge in [-0.15, -0.1) is 0 Å². The van der Waals surface area contributed by atoms with Crippen LogP contribution < -0.4 is 10.2 Å². The zero-order valence-electron chi connectivity index (χ0n) is 29.8. The lowest BCUT2D eigenvalue weighted by molar-refractivity contribution is -0.134. The van der Waals surface area contributed by atoms with Crippen LogP contribution in [0, 0.1) is 11.3 Å². The lowest BCUT2D eigenvalue weighted by atomic mass is 9.70. The second-order valence-corrected chi connectivity index (χ2v) is 15.4. The summed E-state index contributed by atoms with van der Waals surface area (Å²) in [5, 5.41) is 12.8. The van der Waals surface area contributed by atoms with Gasteiger partial charge in [-0.3, -0.25) is 29.5 Å². The normalized spacial score (nSPS) is 21.3. The van der Waals surface area contributed by atoms with Crippen molar-refractivity contribution in [1.29, 1.82) is 5.26 Å². The summed E-state index contributed by atoms with van der Waals surface area (Å²) in [6.45, 7) is 13.6. The van der Waals surface area contributed by atoms with Crippen molar-refractivity contribution in [1.82, 2.24) is 20.1 Å². The van der Waals surface area contributed by atoms with Gasteiger partial charge in [0.25, 0.3) is 0 Å². The van der Waals surface area contributed by atoms with E-state index in [1.54, 1.807) is 6.07 Å². The van der Waals surface area contributed by atoms with E-state index in [9.17, 15) is 19.6 Å². The topological polar surface area (TPSA) is 113 Å². The fourth-order valence-corrected chi connectivity index (χ4v) is 9.09. The number of piperazine rings is 1. The molecule has 0 radical (unpaired) electrons. The number of aromatic amines is 1. The van der Waals surface area contributed by atoms with Crippen molar-refractivity contribution in [2.75, 3.05) is 44.2 Å². The zero-order chi connectivity index (χ0) is 35.4. The second-order valence-electron chi connectivity index (χ2n) is 15.4. The molecule has 2 amide bonds. The Morgan fingerprint density at radius 2 is 1.71 bits per heavy atom. The molecule has 9 heteroatoms. The fourth-order valence-electron chi connectivity index (χ4n) is 9.09. The number of carbonyl (C=O) groups is 3. The van der Waals surface area contributed by atoms with E-state index in [1.165, 1.54) is 16.8 Å². The molecule has 4 aliphatic rings. The maximum absolute atomic E-state index is 14.1. The molecule has 3 aliphatic heterocycles. The highest BCUT2D eigenvalue weighted by Crippen LogP contribution is 2.46. The fraction of sp³-hybridized carbons (Fsp3) is 0.429. The number of ketones is 1. The molecule has 8 rings (SSSR count). The Bertz CT molecular complexity index is 2090. The quantitative estimate of drug-likeness (QED) is 0.248. The van der Waals surface area contributed by atoms with Gasteiger partial charge in [0.2, 0.25) is 11.8 Å². The standard InChI is InChI=1S/C42H46N6O3/c1-4-28-22-33-34(42(2,3)40-38(39(33)50)32-9-8-26(24-43)21-35(32)44-40)23-36(28)48-14-12-30(13-15-48)47-18-16-46(17-19-47)25-27-6-5-7-29(20-27)31-10-11-37(49)45-41(31)51/h5-9,20-23,30-31,44H,4,10-19,25H2,1-3H3,(H,45,49,51). The first kappa shape index (κ1) is 33.4. The third-order valence-corrected chi connectivity index (χ3v) is 12.0. The van der Waals surface area contributed by atoms with Gasteiger partial charge >= 0.3 is 0 Å². The molecule has 2 N–H and O–H groups in total. The van der Waals surface area contributed by atoms with E-state index in [0.29, 0.717) is 24.4 Å². The number of nitrogens with zero attached hydrogens (tertiary/aromatic N) is 4. The number of amides is 2. The summed E-state index contributed by atoms with van der Waals surface area (Å²) in [5.41, 5.74) is 9.27. The lowest BCUT2D eigenvalue weighted by Crippen LogP contribution is -2.53. The number of imide groups is 1. The number of rotatable bonds is 6. The number of H-pyrrole nitrogens is 1. The first-order valence-electron chi connectivity index (χ1n) is 18.6. The molecule has 1 aromatic heterocycles. The predicted molar refractivity (Wildman–Crippen MR) is 198 cm³/mol. The predicted octanol–water partition coefficient (Wildman–Crippen LogP) is 5.78. The van der Waals surface area contributed by atoms with Crippen LogP contribution in [0.2, 0.25) is 0 Å². The van der Waals surface area contributed by atoms with Gasteiger partial charge < -0.3 is 9.88 Å². The minimum atomic E-state index is -0.393. The number of nitrogens with one attached hydrogen (secondary N) is 2. The Morgan fingerprint density at radius 3 is 2.43 bits per heavy atom. The van der Waals surface area contributed by atoms with Crippen molar-refractivity contribution in [2.45, 2.75) is 76.8 Å². The number of nitriles is 1. The Kier molecular flexibility index (Phi) is 8.56. The number of anilines is 1. The van der Waals surface area contributed by atoms with Gasteiger partial charge in [-0.2, -0.15) is 5.26 Å². The van der Waals surface area contributed by atoms with Crippen LogP contribution in [0.5, 0.6) is 0 Å². The minimum Gasteiger partial charge on any atom is -0.371 e. The number of piperidine rings is 2.